The smallest absolute Gasteiger partial charge is 0.244 e. The Balaban J connectivity index is 1.87. The van der Waals surface area contributed by atoms with Crippen molar-refractivity contribution in [3.8, 4) is 5.75 Å². The average Bonchev–Trinajstić information content (AvgIpc) is 3.05. The summed E-state index contributed by atoms with van der Waals surface area (Å²) in [6.07, 6.45) is 0. The number of para-hydroxylation sites is 1. The van der Waals surface area contributed by atoms with E-state index in [4.69, 9.17) is 9.15 Å². The molecule has 3 aromatic rings. The van der Waals surface area contributed by atoms with Gasteiger partial charge < -0.3 is 9.15 Å². The number of nitrogens with zero attached hydrogens (tertiary/aromatic N) is 1. The average molecular weight is 392 g/mol. The van der Waals surface area contributed by atoms with Gasteiger partial charge in [-0.2, -0.15) is 0 Å². The summed E-state index contributed by atoms with van der Waals surface area (Å²) in [6.45, 7) is 0.0504. The zero-order valence-corrected chi connectivity index (χ0v) is 16.1. The predicted molar refractivity (Wildman–Crippen MR) is 101 cm³/mol. The van der Waals surface area contributed by atoms with Crippen LogP contribution in [0, 0.1) is 5.82 Å². The van der Waals surface area contributed by atoms with Crippen molar-refractivity contribution >= 4 is 21.0 Å². The minimum atomic E-state index is -3.98. The van der Waals surface area contributed by atoms with Gasteiger partial charge in [0.25, 0.3) is 0 Å². The van der Waals surface area contributed by atoms with Gasteiger partial charge in [-0.05, 0) is 44.4 Å². The van der Waals surface area contributed by atoms with Crippen molar-refractivity contribution in [2.45, 2.75) is 10.9 Å². The first-order chi connectivity index (χ1) is 12.8. The zero-order valence-electron chi connectivity index (χ0n) is 15.3. The maximum Gasteiger partial charge on any atom is 0.244 e. The van der Waals surface area contributed by atoms with Crippen molar-refractivity contribution in [2.24, 2.45) is 0 Å². The Bertz CT molecular complexity index is 1010. The van der Waals surface area contributed by atoms with Crippen LogP contribution >= 0.6 is 0 Å². The van der Waals surface area contributed by atoms with Gasteiger partial charge in [0.2, 0.25) is 10.0 Å². The Morgan fingerprint density at radius 2 is 1.93 bits per heavy atom. The summed E-state index contributed by atoms with van der Waals surface area (Å²) in [7, 11) is 1.02. The number of methoxy groups -OCH3 is 1. The summed E-state index contributed by atoms with van der Waals surface area (Å²) in [5, 5.41) is 0.939. The van der Waals surface area contributed by atoms with E-state index in [1.54, 1.807) is 0 Å². The third-order valence-electron chi connectivity index (χ3n) is 4.28. The van der Waals surface area contributed by atoms with Gasteiger partial charge in [-0.1, -0.05) is 18.2 Å². The number of halogens is 1. The number of benzene rings is 2. The van der Waals surface area contributed by atoms with Crippen molar-refractivity contribution in [3.05, 3.63) is 60.1 Å². The SMILES string of the molecule is COc1ccc(F)cc1S(=O)(=O)NCC(c1cc2ccccc2o1)N(C)C. The maximum absolute atomic E-state index is 13.6. The van der Waals surface area contributed by atoms with E-state index < -0.39 is 15.8 Å². The number of furan rings is 1. The minimum absolute atomic E-state index is 0.0504. The molecule has 0 fully saturated rings. The predicted octanol–water partition coefficient (Wildman–Crippen LogP) is 3.16. The molecule has 0 radical (unpaired) electrons. The lowest BCUT2D eigenvalue weighted by atomic mass is 10.2. The number of ether oxygens (including phenoxy) is 1. The largest absolute Gasteiger partial charge is 0.495 e. The highest BCUT2D eigenvalue weighted by atomic mass is 32.2. The first kappa shape index (κ1) is 19.3. The summed E-state index contributed by atoms with van der Waals surface area (Å²) in [5.41, 5.74) is 0.731. The van der Waals surface area contributed by atoms with Crippen LogP contribution in [-0.2, 0) is 10.0 Å². The maximum atomic E-state index is 13.6. The summed E-state index contributed by atoms with van der Waals surface area (Å²) in [4.78, 5) is 1.61. The normalized spacial score (nSPS) is 13.2. The third kappa shape index (κ3) is 4.13. The molecule has 1 N–H and O–H groups in total. The summed E-state index contributed by atoms with van der Waals surface area (Å²) >= 11 is 0. The minimum Gasteiger partial charge on any atom is -0.495 e. The Kier molecular flexibility index (Phi) is 5.50. The standard InChI is InChI=1S/C19H21FN2O4S/c1-22(2)15(18-10-13-6-4-5-7-16(13)26-18)12-21-27(23,24)19-11-14(20)8-9-17(19)25-3/h4-11,15,21H,12H2,1-3H3. The van der Waals surface area contributed by atoms with Crippen LogP contribution < -0.4 is 9.46 Å². The number of hydrogen-bond donors (Lipinski definition) is 1. The van der Waals surface area contributed by atoms with E-state index in [9.17, 15) is 12.8 Å². The topological polar surface area (TPSA) is 71.8 Å². The molecule has 2 aromatic carbocycles. The van der Waals surface area contributed by atoms with E-state index >= 15 is 0 Å². The molecule has 6 nitrogen and oxygen atoms in total. The fourth-order valence-electron chi connectivity index (χ4n) is 2.83. The molecule has 0 saturated carbocycles. The lowest BCUT2D eigenvalue weighted by Crippen LogP contribution is -2.34. The van der Waals surface area contributed by atoms with Crippen LogP contribution in [0.1, 0.15) is 11.8 Å². The molecule has 0 aliphatic carbocycles. The molecule has 0 bridgehead atoms. The number of likely N-dealkylation sites (N-methyl/N-ethyl adjacent to an activating group) is 1. The van der Waals surface area contributed by atoms with Crippen LogP contribution in [0.2, 0.25) is 0 Å². The lowest BCUT2D eigenvalue weighted by Gasteiger charge is -2.22. The van der Waals surface area contributed by atoms with Crippen molar-refractivity contribution in [3.63, 3.8) is 0 Å². The number of fused-ring (bicyclic) bond motifs is 1. The summed E-state index contributed by atoms with van der Waals surface area (Å²) in [5.74, 6) is 0.0572. The second kappa shape index (κ2) is 7.67. The van der Waals surface area contributed by atoms with E-state index in [1.165, 1.54) is 13.2 Å². The number of nitrogens with one attached hydrogen (secondary N) is 1. The van der Waals surface area contributed by atoms with Crippen molar-refractivity contribution in [1.82, 2.24) is 9.62 Å². The third-order valence-corrected chi connectivity index (χ3v) is 5.72. The van der Waals surface area contributed by atoms with Crippen molar-refractivity contribution in [1.29, 1.82) is 0 Å². The van der Waals surface area contributed by atoms with E-state index in [2.05, 4.69) is 4.72 Å². The second-order valence-electron chi connectivity index (χ2n) is 6.31. The van der Waals surface area contributed by atoms with Crippen LogP contribution in [0.25, 0.3) is 11.0 Å². The van der Waals surface area contributed by atoms with Gasteiger partial charge in [-0.15, -0.1) is 0 Å². The van der Waals surface area contributed by atoms with Crippen LogP contribution in [0.4, 0.5) is 4.39 Å². The van der Waals surface area contributed by atoms with E-state index in [1.807, 2.05) is 49.3 Å². The van der Waals surface area contributed by atoms with E-state index in [0.717, 1.165) is 23.1 Å². The molecule has 1 atom stereocenters. The molecular weight excluding hydrogens is 371 g/mol. The van der Waals surface area contributed by atoms with Crippen LogP contribution in [0.5, 0.6) is 5.75 Å². The van der Waals surface area contributed by atoms with Crippen LogP contribution in [-0.4, -0.2) is 41.1 Å². The van der Waals surface area contributed by atoms with Gasteiger partial charge in [0.05, 0.1) is 13.2 Å². The Hall–Kier alpha value is -2.42. The second-order valence-corrected chi connectivity index (χ2v) is 8.05. The van der Waals surface area contributed by atoms with Crippen molar-refractivity contribution in [2.75, 3.05) is 27.7 Å². The molecule has 3 rings (SSSR count). The highest BCUT2D eigenvalue weighted by molar-refractivity contribution is 7.89. The van der Waals surface area contributed by atoms with E-state index in [-0.39, 0.29) is 23.2 Å². The number of rotatable bonds is 7. The fourth-order valence-corrected chi connectivity index (χ4v) is 4.05. The molecule has 0 aliphatic heterocycles. The molecule has 8 heteroatoms. The number of sulfonamides is 1. The first-order valence-electron chi connectivity index (χ1n) is 8.30. The van der Waals surface area contributed by atoms with Crippen molar-refractivity contribution < 1.29 is 22.0 Å². The molecule has 0 saturated heterocycles. The van der Waals surface area contributed by atoms with Gasteiger partial charge in [0.1, 0.15) is 27.8 Å². The molecule has 1 aromatic heterocycles. The highest BCUT2D eigenvalue weighted by Crippen LogP contribution is 2.28. The van der Waals surface area contributed by atoms with Gasteiger partial charge in [0, 0.05) is 11.9 Å². The monoisotopic (exact) mass is 392 g/mol. The zero-order chi connectivity index (χ0) is 19.6. The Morgan fingerprint density at radius 1 is 1.19 bits per heavy atom. The first-order valence-corrected chi connectivity index (χ1v) is 9.78. The molecular formula is C19H21FN2O4S. The number of hydrogen-bond acceptors (Lipinski definition) is 5. The lowest BCUT2D eigenvalue weighted by molar-refractivity contribution is 0.263. The van der Waals surface area contributed by atoms with Gasteiger partial charge in [-0.3, -0.25) is 4.90 Å². The fraction of sp³-hybridized carbons (Fsp3) is 0.263. The Morgan fingerprint density at radius 3 is 2.59 bits per heavy atom. The van der Waals surface area contributed by atoms with Crippen LogP contribution in [0.15, 0.2) is 57.8 Å². The summed E-state index contributed by atoms with van der Waals surface area (Å²) < 4.78 is 52.4. The van der Waals surface area contributed by atoms with Gasteiger partial charge in [-0.25, -0.2) is 17.5 Å². The Labute approximate surface area is 157 Å². The van der Waals surface area contributed by atoms with Gasteiger partial charge in [0.15, 0.2) is 0 Å². The molecule has 0 aliphatic rings. The molecule has 144 valence electrons. The highest BCUT2D eigenvalue weighted by Gasteiger charge is 2.25. The summed E-state index contributed by atoms with van der Waals surface area (Å²) in [6, 6.07) is 12.5. The molecule has 0 amide bonds. The van der Waals surface area contributed by atoms with Gasteiger partial charge >= 0.3 is 0 Å². The quantitative estimate of drug-likeness (QED) is 0.669. The van der Waals surface area contributed by atoms with Crippen LogP contribution in [0.3, 0.4) is 0 Å². The molecule has 0 spiro atoms. The molecule has 27 heavy (non-hydrogen) atoms. The molecule has 1 heterocycles. The molecule has 1 unspecified atom stereocenters. The van der Waals surface area contributed by atoms with E-state index in [0.29, 0.717) is 5.76 Å².